The van der Waals surface area contributed by atoms with Gasteiger partial charge in [-0.2, -0.15) is 0 Å². The third-order valence-corrected chi connectivity index (χ3v) is 4.72. The maximum Gasteiger partial charge on any atom is 0.294 e. The molecular formula is C22H15F2NO4. The molecule has 0 saturated carbocycles. The summed E-state index contributed by atoms with van der Waals surface area (Å²) in [4.78, 5) is 26.8. The van der Waals surface area contributed by atoms with E-state index in [9.17, 15) is 23.5 Å². The van der Waals surface area contributed by atoms with E-state index in [0.29, 0.717) is 11.6 Å². The predicted octanol–water partition coefficient (Wildman–Crippen LogP) is 4.65. The number of amides is 1. The lowest BCUT2D eigenvalue weighted by molar-refractivity contribution is -0.117. The van der Waals surface area contributed by atoms with Crippen molar-refractivity contribution in [3.05, 3.63) is 101 Å². The summed E-state index contributed by atoms with van der Waals surface area (Å²) in [6.07, 6.45) is 1.29. The van der Waals surface area contributed by atoms with Crippen LogP contribution in [0.15, 0.2) is 76.6 Å². The maximum atomic E-state index is 14.5. The van der Waals surface area contributed by atoms with Crippen LogP contribution in [0.1, 0.15) is 27.7 Å². The van der Waals surface area contributed by atoms with Crippen molar-refractivity contribution < 1.29 is 27.9 Å². The minimum atomic E-state index is -1.11. The second-order valence-electron chi connectivity index (χ2n) is 6.66. The second kappa shape index (κ2) is 7.01. The number of aliphatic hydroxyl groups excluding tert-OH is 1. The van der Waals surface area contributed by atoms with E-state index in [0.717, 1.165) is 22.6 Å². The van der Waals surface area contributed by atoms with Crippen LogP contribution < -0.4 is 4.90 Å². The van der Waals surface area contributed by atoms with Crippen LogP contribution in [0.2, 0.25) is 0 Å². The molecule has 0 aliphatic carbocycles. The molecule has 4 rings (SSSR count). The van der Waals surface area contributed by atoms with E-state index in [4.69, 9.17) is 4.42 Å². The summed E-state index contributed by atoms with van der Waals surface area (Å²) in [7, 11) is 0. The number of aliphatic hydroxyl groups is 1. The van der Waals surface area contributed by atoms with Crippen molar-refractivity contribution in [2.75, 3.05) is 4.90 Å². The number of halogens is 2. The van der Waals surface area contributed by atoms with Crippen LogP contribution in [0.25, 0.3) is 0 Å². The number of anilines is 1. The van der Waals surface area contributed by atoms with Crippen molar-refractivity contribution in [2.24, 2.45) is 0 Å². The van der Waals surface area contributed by atoms with Gasteiger partial charge in [0, 0.05) is 6.07 Å². The minimum Gasteiger partial charge on any atom is -0.503 e. The molecule has 1 N–H and O–H groups in total. The highest BCUT2D eigenvalue weighted by molar-refractivity contribution is 6.20. The molecule has 1 aliphatic rings. The van der Waals surface area contributed by atoms with Gasteiger partial charge in [-0.15, -0.1) is 0 Å². The molecule has 2 heterocycles. The zero-order valence-electron chi connectivity index (χ0n) is 15.2. The van der Waals surface area contributed by atoms with Gasteiger partial charge in [0.05, 0.1) is 23.6 Å². The third kappa shape index (κ3) is 3.10. The number of hydrogen-bond donors (Lipinski definition) is 1. The molecule has 1 atom stereocenters. The average molecular weight is 395 g/mol. The standard InChI is InChI=1S/C22H15F2NO4/c1-12-4-2-5-13(10-12)19-18(20(26)17-6-3-9-29-17)21(27)22(28)25(19)16-8-7-14(23)11-15(16)24/h2-11,19,27H,1H3. The molecular weight excluding hydrogens is 380 g/mol. The Bertz CT molecular complexity index is 1150. The van der Waals surface area contributed by atoms with Crippen LogP contribution in [-0.2, 0) is 4.79 Å². The topological polar surface area (TPSA) is 70.7 Å². The summed E-state index contributed by atoms with van der Waals surface area (Å²) < 4.78 is 33.1. The van der Waals surface area contributed by atoms with Gasteiger partial charge in [0.15, 0.2) is 11.5 Å². The Morgan fingerprint density at radius 1 is 1.10 bits per heavy atom. The van der Waals surface area contributed by atoms with E-state index < -0.39 is 35.1 Å². The summed E-state index contributed by atoms with van der Waals surface area (Å²) in [5.74, 6) is -4.33. The number of carbonyl (C=O) groups is 2. The number of hydrogen-bond acceptors (Lipinski definition) is 4. The average Bonchev–Trinajstić information content (AvgIpc) is 3.30. The van der Waals surface area contributed by atoms with Gasteiger partial charge >= 0.3 is 0 Å². The lowest BCUT2D eigenvalue weighted by atomic mass is 9.94. The summed E-state index contributed by atoms with van der Waals surface area (Å²) in [6.45, 7) is 1.82. The first-order valence-electron chi connectivity index (χ1n) is 8.75. The zero-order chi connectivity index (χ0) is 20.7. The van der Waals surface area contributed by atoms with Gasteiger partial charge in [-0.3, -0.25) is 14.5 Å². The van der Waals surface area contributed by atoms with Crippen molar-refractivity contribution in [3.8, 4) is 0 Å². The fraction of sp³-hybridized carbons (Fsp3) is 0.0909. The Labute approximate surface area is 164 Å². The number of nitrogens with zero attached hydrogens (tertiary/aromatic N) is 1. The first kappa shape index (κ1) is 18.6. The third-order valence-electron chi connectivity index (χ3n) is 4.72. The molecule has 146 valence electrons. The first-order chi connectivity index (χ1) is 13.9. The monoisotopic (exact) mass is 395 g/mol. The van der Waals surface area contributed by atoms with E-state index in [1.807, 2.05) is 13.0 Å². The van der Waals surface area contributed by atoms with Gasteiger partial charge in [0.1, 0.15) is 11.6 Å². The second-order valence-corrected chi connectivity index (χ2v) is 6.66. The largest absolute Gasteiger partial charge is 0.503 e. The number of rotatable bonds is 4. The van der Waals surface area contributed by atoms with Crippen molar-refractivity contribution in [1.29, 1.82) is 0 Å². The highest BCUT2D eigenvalue weighted by Crippen LogP contribution is 2.42. The van der Waals surface area contributed by atoms with Crippen molar-refractivity contribution in [2.45, 2.75) is 13.0 Å². The number of benzene rings is 2. The van der Waals surface area contributed by atoms with Crippen LogP contribution in [-0.4, -0.2) is 16.8 Å². The molecule has 1 aliphatic heterocycles. The molecule has 0 fully saturated rings. The van der Waals surface area contributed by atoms with Crippen LogP contribution in [0, 0.1) is 18.6 Å². The lowest BCUT2D eigenvalue weighted by Crippen LogP contribution is -2.31. The molecule has 0 saturated heterocycles. The lowest BCUT2D eigenvalue weighted by Gasteiger charge is -2.27. The molecule has 1 amide bonds. The van der Waals surface area contributed by atoms with Crippen molar-refractivity contribution >= 4 is 17.4 Å². The van der Waals surface area contributed by atoms with Crippen LogP contribution in [0.3, 0.4) is 0 Å². The summed E-state index contributed by atoms with van der Waals surface area (Å²) in [5.41, 5.74) is 0.836. The minimum absolute atomic E-state index is 0.0709. The SMILES string of the molecule is Cc1cccc(C2C(C(=O)c3ccco3)=C(O)C(=O)N2c2ccc(F)cc2F)c1. The normalized spacial score (nSPS) is 16.6. The maximum absolute atomic E-state index is 14.5. The summed E-state index contributed by atoms with van der Waals surface area (Å²) in [6, 6.07) is 11.5. The van der Waals surface area contributed by atoms with Gasteiger partial charge in [-0.1, -0.05) is 29.8 Å². The molecule has 5 nitrogen and oxygen atoms in total. The Hall–Kier alpha value is -3.74. The molecule has 0 bridgehead atoms. The number of Topliss-reactive ketones (excluding diaryl/α,β-unsaturated/α-hetero) is 1. The van der Waals surface area contributed by atoms with Crippen LogP contribution in [0.5, 0.6) is 0 Å². The van der Waals surface area contributed by atoms with Crippen LogP contribution >= 0.6 is 0 Å². The van der Waals surface area contributed by atoms with E-state index in [2.05, 4.69) is 0 Å². The summed E-state index contributed by atoms with van der Waals surface area (Å²) >= 11 is 0. The first-order valence-corrected chi connectivity index (χ1v) is 8.75. The molecule has 7 heteroatoms. The van der Waals surface area contributed by atoms with E-state index >= 15 is 0 Å². The van der Waals surface area contributed by atoms with Gasteiger partial charge in [0.2, 0.25) is 5.78 Å². The Balaban J connectivity index is 1.92. The highest BCUT2D eigenvalue weighted by Gasteiger charge is 2.46. The molecule has 1 aromatic heterocycles. The number of furan rings is 1. The number of aryl methyl sites for hydroxylation is 1. The Morgan fingerprint density at radius 3 is 2.55 bits per heavy atom. The fourth-order valence-electron chi connectivity index (χ4n) is 3.46. The molecule has 29 heavy (non-hydrogen) atoms. The van der Waals surface area contributed by atoms with Crippen molar-refractivity contribution in [3.63, 3.8) is 0 Å². The fourth-order valence-corrected chi connectivity index (χ4v) is 3.46. The van der Waals surface area contributed by atoms with Crippen LogP contribution in [0.4, 0.5) is 14.5 Å². The number of carbonyl (C=O) groups excluding carboxylic acids is 2. The van der Waals surface area contributed by atoms with Gasteiger partial charge in [-0.05, 0) is 36.8 Å². The zero-order valence-corrected chi connectivity index (χ0v) is 15.2. The summed E-state index contributed by atoms with van der Waals surface area (Å²) in [5, 5.41) is 10.5. The quantitative estimate of drug-likeness (QED) is 0.653. The van der Waals surface area contributed by atoms with E-state index in [1.165, 1.54) is 18.4 Å². The highest BCUT2D eigenvalue weighted by atomic mass is 19.1. The molecule has 0 radical (unpaired) electrons. The molecule has 0 spiro atoms. The molecule has 3 aromatic rings. The van der Waals surface area contributed by atoms with Crippen molar-refractivity contribution in [1.82, 2.24) is 0 Å². The van der Waals surface area contributed by atoms with Gasteiger partial charge in [0.25, 0.3) is 5.91 Å². The Morgan fingerprint density at radius 2 is 1.90 bits per heavy atom. The van der Waals surface area contributed by atoms with E-state index in [1.54, 1.807) is 18.2 Å². The predicted molar refractivity (Wildman–Crippen MR) is 100 cm³/mol. The molecule has 1 unspecified atom stereocenters. The smallest absolute Gasteiger partial charge is 0.294 e. The molecule has 2 aromatic carbocycles. The van der Waals surface area contributed by atoms with Gasteiger partial charge in [-0.25, -0.2) is 8.78 Å². The van der Waals surface area contributed by atoms with Gasteiger partial charge < -0.3 is 9.52 Å². The number of ketones is 1. The Kier molecular flexibility index (Phi) is 4.50. The van der Waals surface area contributed by atoms with E-state index in [-0.39, 0.29) is 17.0 Å².